The lowest BCUT2D eigenvalue weighted by Crippen LogP contribution is -2.49. The van der Waals surface area contributed by atoms with Gasteiger partial charge in [-0.25, -0.2) is 0 Å². The van der Waals surface area contributed by atoms with Crippen LogP contribution in [0.15, 0.2) is 0 Å². The van der Waals surface area contributed by atoms with Gasteiger partial charge in [-0.05, 0) is 33.9 Å². The first-order chi connectivity index (χ1) is 8.63. The molecule has 0 amide bonds. The van der Waals surface area contributed by atoms with Crippen molar-refractivity contribution in [2.75, 3.05) is 52.9 Å². The highest BCUT2D eigenvalue weighted by Crippen LogP contribution is 2.09. The molecule has 0 aromatic carbocycles. The summed E-state index contributed by atoms with van der Waals surface area (Å²) in [6, 6.07) is 0.632. The molecule has 108 valence electrons. The Morgan fingerprint density at radius 1 is 1.39 bits per heavy atom. The third-order valence-electron chi connectivity index (χ3n) is 3.51. The van der Waals surface area contributed by atoms with Crippen molar-refractivity contribution in [3.8, 4) is 0 Å². The molecular weight excluding hydrogens is 226 g/mol. The molecule has 0 aromatic heterocycles. The number of hydrogen-bond acceptors (Lipinski definition) is 4. The van der Waals surface area contributed by atoms with Gasteiger partial charge in [0.1, 0.15) is 0 Å². The zero-order chi connectivity index (χ0) is 13.4. The first-order valence-corrected chi connectivity index (χ1v) is 7.38. The molecule has 0 aromatic rings. The van der Waals surface area contributed by atoms with Crippen LogP contribution in [0.3, 0.4) is 0 Å². The average molecular weight is 257 g/mol. The van der Waals surface area contributed by atoms with Gasteiger partial charge in [-0.1, -0.05) is 6.92 Å². The highest BCUT2D eigenvalue weighted by molar-refractivity contribution is 4.76. The first-order valence-electron chi connectivity index (χ1n) is 7.38. The molecule has 0 aliphatic carbocycles. The van der Waals surface area contributed by atoms with Crippen molar-refractivity contribution in [3.05, 3.63) is 0 Å². The molecule has 0 radical (unpaired) electrons. The molecule has 18 heavy (non-hydrogen) atoms. The Balaban J connectivity index is 2.16. The van der Waals surface area contributed by atoms with Crippen LogP contribution in [0.25, 0.3) is 0 Å². The molecule has 1 unspecified atom stereocenters. The number of rotatable bonds is 8. The Kier molecular flexibility index (Phi) is 7.82. The number of ether oxygens (including phenoxy) is 1. The Hall–Kier alpha value is -0.160. The van der Waals surface area contributed by atoms with E-state index in [1.54, 1.807) is 0 Å². The summed E-state index contributed by atoms with van der Waals surface area (Å²) in [6.45, 7) is 14.1. The molecule has 0 spiro atoms. The van der Waals surface area contributed by atoms with Gasteiger partial charge in [0, 0.05) is 38.8 Å². The maximum atomic E-state index is 5.85. The largest absolute Gasteiger partial charge is 0.374 e. The Morgan fingerprint density at radius 2 is 2.17 bits per heavy atom. The maximum Gasteiger partial charge on any atom is 0.0829 e. The highest BCUT2D eigenvalue weighted by Gasteiger charge is 2.22. The standard InChI is InChI=1S/C14H31N3O/c1-5-6-15-7-8-16(4)11-14-12-17(13(2)3)9-10-18-14/h13-15H,5-12H2,1-4H3. The van der Waals surface area contributed by atoms with Crippen molar-refractivity contribution in [2.45, 2.75) is 39.3 Å². The summed E-state index contributed by atoms with van der Waals surface area (Å²) < 4.78 is 5.85. The van der Waals surface area contributed by atoms with Crippen LogP contribution in [0.2, 0.25) is 0 Å². The maximum absolute atomic E-state index is 5.85. The van der Waals surface area contributed by atoms with Gasteiger partial charge in [-0.15, -0.1) is 0 Å². The minimum Gasteiger partial charge on any atom is -0.374 e. The summed E-state index contributed by atoms with van der Waals surface area (Å²) in [6.07, 6.45) is 1.58. The summed E-state index contributed by atoms with van der Waals surface area (Å²) in [5, 5.41) is 3.44. The molecule has 4 heteroatoms. The molecule has 1 atom stereocenters. The Bertz CT molecular complexity index is 211. The molecule has 1 fully saturated rings. The van der Waals surface area contributed by atoms with Gasteiger partial charge in [0.15, 0.2) is 0 Å². The van der Waals surface area contributed by atoms with Crippen molar-refractivity contribution in [2.24, 2.45) is 0 Å². The number of likely N-dealkylation sites (N-methyl/N-ethyl adjacent to an activating group) is 1. The van der Waals surface area contributed by atoms with Crippen molar-refractivity contribution >= 4 is 0 Å². The summed E-state index contributed by atoms with van der Waals surface area (Å²) in [7, 11) is 2.19. The van der Waals surface area contributed by atoms with E-state index in [1.807, 2.05) is 0 Å². The van der Waals surface area contributed by atoms with Crippen LogP contribution in [-0.4, -0.2) is 74.9 Å². The summed E-state index contributed by atoms with van der Waals surface area (Å²) in [4.78, 5) is 4.88. The first kappa shape index (κ1) is 15.9. The zero-order valence-electron chi connectivity index (χ0n) is 12.6. The van der Waals surface area contributed by atoms with Gasteiger partial charge in [0.25, 0.3) is 0 Å². The molecule has 1 heterocycles. The van der Waals surface area contributed by atoms with Crippen LogP contribution in [0.4, 0.5) is 0 Å². The molecule has 1 rings (SSSR count). The van der Waals surface area contributed by atoms with Crippen LogP contribution in [0.5, 0.6) is 0 Å². The summed E-state index contributed by atoms with van der Waals surface area (Å²) in [5.74, 6) is 0. The third-order valence-corrected chi connectivity index (χ3v) is 3.51. The lowest BCUT2D eigenvalue weighted by molar-refractivity contribution is -0.0493. The molecule has 1 saturated heterocycles. The lowest BCUT2D eigenvalue weighted by Gasteiger charge is -2.37. The van der Waals surface area contributed by atoms with E-state index in [4.69, 9.17) is 4.74 Å². The molecule has 1 N–H and O–H groups in total. The van der Waals surface area contributed by atoms with E-state index in [0.717, 1.165) is 45.9 Å². The van der Waals surface area contributed by atoms with Gasteiger partial charge in [0.05, 0.1) is 12.7 Å². The minimum absolute atomic E-state index is 0.373. The van der Waals surface area contributed by atoms with E-state index in [2.05, 4.69) is 42.9 Å². The van der Waals surface area contributed by atoms with Crippen LogP contribution in [0.1, 0.15) is 27.2 Å². The van der Waals surface area contributed by atoms with Crippen LogP contribution in [-0.2, 0) is 4.74 Å². The molecule has 0 bridgehead atoms. The van der Waals surface area contributed by atoms with E-state index in [0.29, 0.717) is 12.1 Å². The third kappa shape index (κ3) is 6.14. The SMILES string of the molecule is CCCNCCN(C)CC1CN(C(C)C)CCO1. The number of hydrogen-bond donors (Lipinski definition) is 1. The molecule has 1 aliphatic rings. The fraction of sp³-hybridized carbons (Fsp3) is 1.00. The average Bonchev–Trinajstić information content (AvgIpc) is 2.35. The van der Waals surface area contributed by atoms with Crippen molar-refractivity contribution in [3.63, 3.8) is 0 Å². The number of nitrogens with zero attached hydrogens (tertiary/aromatic N) is 2. The summed E-state index contributed by atoms with van der Waals surface area (Å²) >= 11 is 0. The Morgan fingerprint density at radius 3 is 2.83 bits per heavy atom. The monoisotopic (exact) mass is 257 g/mol. The summed E-state index contributed by atoms with van der Waals surface area (Å²) in [5.41, 5.74) is 0. The number of nitrogens with one attached hydrogen (secondary N) is 1. The number of morpholine rings is 1. The quantitative estimate of drug-likeness (QED) is 0.657. The topological polar surface area (TPSA) is 27.7 Å². The lowest BCUT2D eigenvalue weighted by atomic mass is 10.2. The fourth-order valence-electron chi connectivity index (χ4n) is 2.33. The Labute approximate surface area is 113 Å². The van der Waals surface area contributed by atoms with Gasteiger partial charge >= 0.3 is 0 Å². The van der Waals surface area contributed by atoms with Crippen LogP contribution in [0, 0.1) is 0 Å². The van der Waals surface area contributed by atoms with Crippen molar-refractivity contribution < 1.29 is 4.74 Å². The van der Waals surface area contributed by atoms with Gasteiger partial charge in [0.2, 0.25) is 0 Å². The molecular formula is C14H31N3O. The van der Waals surface area contributed by atoms with Gasteiger partial charge in [-0.3, -0.25) is 4.90 Å². The van der Waals surface area contributed by atoms with Crippen LogP contribution < -0.4 is 5.32 Å². The normalized spacial score (nSPS) is 22.0. The second kappa shape index (κ2) is 8.86. The smallest absolute Gasteiger partial charge is 0.0829 e. The van der Waals surface area contributed by atoms with E-state index in [-0.39, 0.29) is 0 Å². The van der Waals surface area contributed by atoms with Gasteiger partial charge < -0.3 is 15.0 Å². The van der Waals surface area contributed by atoms with Crippen molar-refractivity contribution in [1.29, 1.82) is 0 Å². The fourth-order valence-corrected chi connectivity index (χ4v) is 2.33. The second-order valence-corrected chi connectivity index (χ2v) is 5.59. The van der Waals surface area contributed by atoms with E-state index in [9.17, 15) is 0 Å². The second-order valence-electron chi connectivity index (χ2n) is 5.59. The van der Waals surface area contributed by atoms with Gasteiger partial charge in [-0.2, -0.15) is 0 Å². The minimum atomic E-state index is 0.373. The van der Waals surface area contributed by atoms with Crippen molar-refractivity contribution in [1.82, 2.24) is 15.1 Å². The van der Waals surface area contributed by atoms with E-state index < -0.39 is 0 Å². The molecule has 0 saturated carbocycles. The highest BCUT2D eigenvalue weighted by atomic mass is 16.5. The molecule has 1 aliphatic heterocycles. The van der Waals surface area contributed by atoms with E-state index >= 15 is 0 Å². The van der Waals surface area contributed by atoms with E-state index in [1.165, 1.54) is 6.42 Å². The predicted molar refractivity (Wildman–Crippen MR) is 77.1 cm³/mol. The molecule has 4 nitrogen and oxygen atoms in total. The predicted octanol–water partition coefficient (Wildman–Crippen LogP) is 1.03. The zero-order valence-corrected chi connectivity index (χ0v) is 12.6. The van der Waals surface area contributed by atoms with Crippen LogP contribution >= 0.6 is 0 Å².